The normalized spacial score (nSPS) is 10.0. The Balaban J connectivity index is 2.02. The molecule has 7 heteroatoms. The van der Waals surface area contributed by atoms with Gasteiger partial charge in [0.05, 0.1) is 13.3 Å². The van der Waals surface area contributed by atoms with Gasteiger partial charge in [-0.1, -0.05) is 12.1 Å². The van der Waals surface area contributed by atoms with E-state index in [1.54, 1.807) is 13.2 Å². The molecule has 2 rings (SSSR count). The van der Waals surface area contributed by atoms with Crippen LogP contribution in [-0.2, 0) is 6.61 Å². The molecule has 0 spiro atoms. The van der Waals surface area contributed by atoms with Crippen molar-refractivity contribution in [1.29, 1.82) is 0 Å². The summed E-state index contributed by atoms with van der Waals surface area (Å²) in [6, 6.07) is 7.33. The molecule has 0 bridgehead atoms. The van der Waals surface area contributed by atoms with Crippen molar-refractivity contribution in [2.75, 3.05) is 7.11 Å². The first-order chi connectivity index (χ1) is 9.24. The van der Waals surface area contributed by atoms with Crippen molar-refractivity contribution in [3.63, 3.8) is 0 Å². The molecular formula is C12H13N3O3S. The van der Waals surface area contributed by atoms with Gasteiger partial charge in [-0.3, -0.25) is 10.2 Å². The largest absolute Gasteiger partial charge is 0.493 e. The highest BCUT2D eigenvalue weighted by Crippen LogP contribution is 2.27. The van der Waals surface area contributed by atoms with Crippen LogP contribution in [0.1, 0.15) is 14.7 Å². The third-order valence-electron chi connectivity index (χ3n) is 2.33. The molecule has 1 amide bonds. The monoisotopic (exact) mass is 279 g/mol. The average Bonchev–Trinajstić information content (AvgIpc) is 2.93. The summed E-state index contributed by atoms with van der Waals surface area (Å²) in [6.45, 7) is 0.267. The van der Waals surface area contributed by atoms with Crippen molar-refractivity contribution in [1.82, 2.24) is 10.4 Å². The lowest BCUT2D eigenvalue weighted by Crippen LogP contribution is -2.29. The van der Waals surface area contributed by atoms with E-state index in [0.29, 0.717) is 21.4 Å². The maximum atomic E-state index is 11.3. The number of carbonyl (C=O) groups excluding carboxylic acids is 1. The molecule has 0 atom stereocenters. The third-order valence-corrected chi connectivity index (χ3v) is 3.30. The van der Waals surface area contributed by atoms with Crippen LogP contribution < -0.4 is 20.7 Å². The molecule has 3 N–H and O–H groups in total. The molecule has 0 aliphatic carbocycles. The molecule has 1 heterocycles. The minimum Gasteiger partial charge on any atom is -0.493 e. The van der Waals surface area contributed by atoms with Gasteiger partial charge in [-0.15, -0.1) is 11.3 Å². The summed E-state index contributed by atoms with van der Waals surface area (Å²) >= 11 is 1.23. The quantitative estimate of drug-likeness (QED) is 0.490. The molecule has 100 valence electrons. The fraction of sp³-hybridized carbons (Fsp3) is 0.167. The molecular weight excluding hydrogens is 266 g/mol. The predicted octanol–water partition coefficient (Wildman–Crippen LogP) is 1.33. The van der Waals surface area contributed by atoms with E-state index >= 15 is 0 Å². The number of para-hydroxylation sites is 2. The second kappa shape index (κ2) is 6.17. The van der Waals surface area contributed by atoms with Gasteiger partial charge < -0.3 is 9.47 Å². The van der Waals surface area contributed by atoms with E-state index in [1.807, 2.05) is 18.2 Å². The summed E-state index contributed by atoms with van der Waals surface area (Å²) in [7, 11) is 1.58. The first-order valence-electron chi connectivity index (χ1n) is 5.46. The molecule has 19 heavy (non-hydrogen) atoms. The van der Waals surface area contributed by atoms with E-state index in [0.717, 1.165) is 0 Å². The second-order valence-corrected chi connectivity index (χ2v) is 4.65. The van der Waals surface area contributed by atoms with Gasteiger partial charge in [-0.25, -0.2) is 10.8 Å². The lowest BCUT2D eigenvalue weighted by molar-refractivity contribution is 0.0957. The molecule has 0 aliphatic heterocycles. The molecule has 0 saturated carbocycles. The number of hydrazine groups is 1. The summed E-state index contributed by atoms with van der Waals surface area (Å²) in [5.74, 6) is 5.97. The Morgan fingerprint density at radius 1 is 1.42 bits per heavy atom. The second-order valence-electron chi connectivity index (χ2n) is 3.53. The minimum atomic E-state index is -0.360. The number of nitrogen functional groups attached to an aromatic ring is 1. The van der Waals surface area contributed by atoms with Crippen molar-refractivity contribution >= 4 is 17.2 Å². The van der Waals surface area contributed by atoms with Crippen LogP contribution in [0, 0.1) is 0 Å². The third kappa shape index (κ3) is 3.21. The number of rotatable bonds is 5. The Morgan fingerprint density at radius 2 is 2.16 bits per heavy atom. The number of hydrogen-bond donors (Lipinski definition) is 2. The molecule has 0 fully saturated rings. The zero-order chi connectivity index (χ0) is 13.7. The van der Waals surface area contributed by atoms with E-state index in [-0.39, 0.29) is 12.5 Å². The van der Waals surface area contributed by atoms with Crippen LogP contribution in [0.2, 0.25) is 0 Å². The van der Waals surface area contributed by atoms with Crippen molar-refractivity contribution < 1.29 is 14.3 Å². The summed E-state index contributed by atoms with van der Waals surface area (Å²) < 4.78 is 10.8. The molecule has 1 aromatic heterocycles. The van der Waals surface area contributed by atoms with Crippen molar-refractivity contribution in [3.8, 4) is 11.5 Å². The van der Waals surface area contributed by atoms with Crippen LogP contribution in [0.25, 0.3) is 0 Å². The van der Waals surface area contributed by atoms with E-state index in [1.165, 1.54) is 17.5 Å². The number of methoxy groups -OCH3 is 1. The first kappa shape index (κ1) is 13.3. The van der Waals surface area contributed by atoms with Crippen LogP contribution in [0.3, 0.4) is 0 Å². The molecule has 0 aliphatic rings. The number of thiazole rings is 1. The Labute approximate surface area is 114 Å². The van der Waals surface area contributed by atoms with Gasteiger partial charge >= 0.3 is 0 Å². The van der Waals surface area contributed by atoms with Crippen molar-refractivity contribution in [2.45, 2.75) is 6.61 Å². The number of nitrogens with one attached hydrogen (secondary N) is 1. The predicted molar refractivity (Wildman–Crippen MR) is 71.1 cm³/mol. The molecule has 0 radical (unpaired) electrons. The molecule has 0 unspecified atom stereocenters. The lowest BCUT2D eigenvalue weighted by Gasteiger charge is -2.08. The SMILES string of the molecule is COc1ccccc1OCc1ncc(C(=O)NN)s1. The van der Waals surface area contributed by atoms with Gasteiger partial charge in [0.1, 0.15) is 16.5 Å². The summed E-state index contributed by atoms with van der Waals surface area (Å²) in [5, 5.41) is 0.685. The molecule has 1 aromatic carbocycles. The van der Waals surface area contributed by atoms with Gasteiger partial charge in [0, 0.05) is 0 Å². The topological polar surface area (TPSA) is 86.5 Å². The lowest BCUT2D eigenvalue weighted by atomic mass is 10.3. The zero-order valence-corrected chi connectivity index (χ0v) is 11.1. The first-order valence-corrected chi connectivity index (χ1v) is 6.27. The highest BCUT2D eigenvalue weighted by molar-refractivity contribution is 7.13. The Hall–Kier alpha value is -2.12. The van der Waals surface area contributed by atoms with Crippen LogP contribution in [-0.4, -0.2) is 18.0 Å². The Morgan fingerprint density at radius 3 is 2.84 bits per heavy atom. The van der Waals surface area contributed by atoms with Crippen LogP contribution in [0.4, 0.5) is 0 Å². The summed E-state index contributed by atoms with van der Waals surface area (Å²) in [5.41, 5.74) is 2.06. The summed E-state index contributed by atoms with van der Waals surface area (Å²) in [4.78, 5) is 15.8. The van der Waals surface area contributed by atoms with E-state index in [9.17, 15) is 4.79 Å². The standard InChI is InChI=1S/C12H13N3O3S/c1-17-8-4-2-3-5-9(8)18-7-11-14-6-10(19-11)12(16)15-13/h2-6H,7,13H2,1H3,(H,15,16). The number of ether oxygens (including phenoxy) is 2. The van der Waals surface area contributed by atoms with Crippen molar-refractivity contribution in [3.05, 3.63) is 40.3 Å². The molecule has 6 nitrogen and oxygen atoms in total. The fourth-order valence-electron chi connectivity index (χ4n) is 1.43. The number of hydrogen-bond acceptors (Lipinski definition) is 6. The molecule has 0 saturated heterocycles. The van der Waals surface area contributed by atoms with E-state index in [2.05, 4.69) is 10.4 Å². The van der Waals surface area contributed by atoms with Gasteiger partial charge in [-0.05, 0) is 12.1 Å². The number of benzene rings is 1. The van der Waals surface area contributed by atoms with Gasteiger partial charge in [0.15, 0.2) is 11.5 Å². The van der Waals surface area contributed by atoms with Gasteiger partial charge in [-0.2, -0.15) is 0 Å². The van der Waals surface area contributed by atoms with Crippen molar-refractivity contribution in [2.24, 2.45) is 5.84 Å². The Bertz CT molecular complexity index is 571. The number of carbonyl (C=O) groups is 1. The van der Waals surface area contributed by atoms with Gasteiger partial charge in [0.25, 0.3) is 5.91 Å². The Kier molecular flexibility index (Phi) is 4.32. The maximum Gasteiger partial charge on any atom is 0.276 e. The number of nitrogens with two attached hydrogens (primary N) is 1. The zero-order valence-electron chi connectivity index (χ0n) is 10.3. The number of amides is 1. The number of nitrogens with zero attached hydrogens (tertiary/aromatic N) is 1. The fourth-order valence-corrected chi connectivity index (χ4v) is 2.16. The minimum absolute atomic E-state index is 0.267. The van der Waals surface area contributed by atoms with Crippen LogP contribution in [0.15, 0.2) is 30.5 Å². The highest BCUT2D eigenvalue weighted by Gasteiger charge is 2.10. The van der Waals surface area contributed by atoms with E-state index in [4.69, 9.17) is 15.3 Å². The maximum absolute atomic E-state index is 11.3. The van der Waals surface area contributed by atoms with Gasteiger partial charge in [0.2, 0.25) is 0 Å². The highest BCUT2D eigenvalue weighted by atomic mass is 32.1. The average molecular weight is 279 g/mol. The molecule has 2 aromatic rings. The smallest absolute Gasteiger partial charge is 0.276 e. The van der Waals surface area contributed by atoms with E-state index < -0.39 is 0 Å². The van der Waals surface area contributed by atoms with Crippen LogP contribution >= 0.6 is 11.3 Å². The summed E-state index contributed by atoms with van der Waals surface area (Å²) in [6.07, 6.45) is 1.47. The van der Waals surface area contributed by atoms with Crippen LogP contribution in [0.5, 0.6) is 11.5 Å². The number of aromatic nitrogens is 1.